The molecule has 0 saturated heterocycles. The Morgan fingerprint density at radius 1 is 1.26 bits per heavy atom. The molecule has 4 nitrogen and oxygen atoms in total. The van der Waals surface area contributed by atoms with E-state index >= 15 is 0 Å². The molecule has 0 bridgehead atoms. The third-order valence-electron chi connectivity index (χ3n) is 2.73. The predicted molar refractivity (Wildman–Crippen MR) is 74.3 cm³/mol. The van der Waals surface area contributed by atoms with Crippen LogP contribution >= 0.6 is 0 Å². The Kier molecular flexibility index (Phi) is 5.79. The maximum absolute atomic E-state index is 11.6. The van der Waals surface area contributed by atoms with Crippen LogP contribution in [-0.2, 0) is 14.3 Å². The van der Waals surface area contributed by atoms with Crippen molar-refractivity contribution in [2.75, 3.05) is 7.11 Å². The number of nitrogens with one attached hydrogen (secondary N) is 1. The van der Waals surface area contributed by atoms with Crippen LogP contribution in [0.15, 0.2) is 36.4 Å². The number of hydrogen-bond donors (Lipinski definition) is 1. The van der Waals surface area contributed by atoms with E-state index in [1.54, 1.807) is 0 Å². The highest BCUT2D eigenvalue weighted by atomic mass is 16.5. The molecule has 0 unspecified atom stereocenters. The molecule has 1 amide bonds. The Labute approximate surface area is 113 Å². The maximum atomic E-state index is 11.6. The van der Waals surface area contributed by atoms with Gasteiger partial charge in [-0.2, -0.15) is 0 Å². The van der Waals surface area contributed by atoms with Crippen molar-refractivity contribution in [3.63, 3.8) is 0 Å². The number of esters is 1. The van der Waals surface area contributed by atoms with E-state index in [0.29, 0.717) is 0 Å². The third-order valence-corrected chi connectivity index (χ3v) is 2.73. The maximum Gasteiger partial charge on any atom is 0.328 e. The summed E-state index contributed by atoms with van der Waals surface area (Å²) in [6, 6.07) is 9.09. The summed E-state index contributed by atoms with van der Waals surface area (Å²) in [6.45, 7) is 3.24. The zero-order valence-electron chi connectivity index (χ0n) is 11.4. The highest BCUT2D eigenvalue weighted by Crippen LogP contribution is 2.10. The molecule has 1 aromatic carbocycles. The van der Waals surface area contributed by atoms with Crippen LogP contribution in [0.25, 0.3) is 6.08 Å². The van der Waals surface area contributed by atoms with E-state index in [1.165, 1.54) is 14.0 Å². The second-order valence-corrected chi connectivity index (χ2v) is 4.33. The normalized spacial score (nSPS) is 13.8. The van der Waals surface area contributed by atoms with Gasteiger partial charge < -0.3 is 10.1 Å². The highest BCUT2D eigenvalue weighted by molar-refractivity contribution is 5.83. The van der Waals surface area contributed by atoms with E-state index < -0.39 is 12.0 Å². The van der Waals surface area contributed by atoms with Crippen molar-refractivity contribution in [3.8, 4) is 0 Å². The molecule has 1 N–H and O–H groups in total. The topological polar surface area (TPSA) is 55.4 Å². The van der Waals surface area contributed by atoms with Gasteiger partial charge in [0.1, 0.15) is 6.04 Å². The van der Waals surface area contributed by atoms with Gasteiger partial charge in [0.25, 0.3) is 0 Å². The summed E-state index contributed by atoms with van der Waals surface area (Å²) in [5.41, 5.74) is 1.04. The van der Waals surface area contributed by atoms with Crippen molar-refractivity contribution in [1.29, 1.82) is 0 Å². The first kappa shape index (κ1) is 15.0. The predicted octanol–water partition coefficient (Wildman–Crippen LogP) is 2.01. The first-order valence-electron chi connectivity index (χ1n) is 6.12. The minimum Gasteiger partial charge on any atom is -0.467 e. The second-order valence-electron chi connectivity index (χ2n) is 4.33. The summed E-state index contributed by atoms with van der Waals surface area (Å²) in [6.07, 6.45) is 3.80. The van der Waals surface area contributed by atoms with Gasteiger partial charge in [0.2, 0.25) is 5.91 Å². The molecule has 1 aromatic rings. The van der Waals surface area contributed by atoms with Crippen molar-refractivity contribution >= 4 is 18.0 Å². The minimum atomic E-state index is -0.664. The van der Waals surface area contributed by atoms with Gasteiger partial charge in [-0.25, -0.2) is 4.79 Å². The SMILES string of the molecule is COC(=O)[C@H](NC(C)=O)[C@@H](C)/C=C/c1ccccc1. The summed E-state index contributed by atoms with van der Waals surface area (Å²) in [5, 5.41) is 2.60. The number of carbonyl (C=O) groups is 2. The van der Waals surface area contributed by atoms with Gasteiger partial charge in [0, 0.05) is 12.8 Å². The lowest BCUT2D eigenvalue weighted by Gasteiger charge is -2.19. The molecule has 0 heterocycles. The van der Waals surface area contributed by atoms with Crippen LogP contribution in [-0.4, -0.2) is 25.0 Å². The number of ether oxygens (including phenoxy) is 1. The zero-order chi connectivity index (χ0) is 14.3. The minimum absolute atomic E-state index is 0.156. The van der Waals surface area contributed by atoms with Crippen LogP contribution in [0, 0.1) is 5.92 Å². The fourth-order valence-corrected chi connectivity index (χ4v) is 1.69. The molecule has 19 heavy (non-hydrogen) atoms. The molecule has 0 spiro atoms. The fourth-order valence-electron chi connectivity index (χ4n) is 1.69. The molecule has 4 heteroatoms. The summed E-state index contributed by atoms with van der Waals surface area (Å²) >= 11 is 0. The summed E-state index contributed by atoms with van der Waals surface area (Å²) in [5.74, 6) is -0.854. The van der Waals surface area contributed by atoms with Gasteiger partial charge in [-0.05, 0) is 5.56 Å². The van der Waals surface area contributed by atoms with E-state index in [9.17, 15) is 9.59 Å². The monoisotopic (exact) mass is 261 g/mol. The third kappa shape index (κ3) is 4.95. The molecule has 0 aromatic heterocycles. The van der Waals surface area contributed by atoms with E-state index in [0.717, 1.165) is 5.56 Å². The van der Waals surface area contributed by atoms with E-state index in [-0.39, 0.29) is 11.8 Å². The number of benzene rings is 1. The molecule has 1 rings (SSSR count). The first-order valence-corrected chi connectivity index (χ1v) is 6.12. The molecule has 0 aliphatic carbocycles. The van der Waals surface area contributed by atoms with Gasteiger partial charge in [0.05, 0.1) is 7.11 Å². The van der Waals surface area contributed by atoms with E-state index in [2.05, 4.69) is 5.32 Å². The molecule has 2 atom stereocenters. The average molecular weight is 261 g/mol. The van der Waals surface area contributed by atoms with E-state index in [4.69, 9.17) is 4.74 Å². The molecule has 102 valence electrons. The highest BCUT2D eigenvalue weighted by Gasteiger charge is 2.24. The number of rotatable bonds is 5. The van der Waals surface area contributed by atoms with Crippen LogP contribution in [0.4, 0.5) is 0 Å². The van der Waals surface area contributed by atoms with Crippen molar-refractivity contribution < 1.29 is 14.3 Å². The lowest BCUT2D eigenvalue weighted by atomic mass is 10.00. The number of methoxy groups -OCH3 is 1. The largest absolute Gasteiger partial charge is 0.467 e. The van der Waals surface area contributed by atoms with Crippen LogP contribution in [0.2, 0.25) is 0 Å². The van der Waals surface area contributed by atoms with Gasteiger partial charge >= 0.3 is 5.97 Å². The first-order chi connectivity index (χ1) is 9.04. The molecular weight excluding hydrogens is 242 g/mol. The Hall–Kier alpha value is -2.10. The van der Waals surface area contributed by atoms with Crippen molar-refractivity contribution in [3.05, 3.63) is 42.0 Å². The lowest BCUT2D eigenvalue weighted by molar-refractivity contribution is -0.145. The Bertz CT molecular complexity index is 454. The summed E-state index contributed by atoms with van der Waals surface area (Å²) in [4.78, 5) is 22.7. The molecular formula is C15H19NO3. The van der Waals surface area contributed by atoms with Gasteiger partial charge in [0.15, 0.2) is 0 Å². The fraction of sp³-hybridized carbons (Fsp3) is 0.333. The molecule has 0 fully saturated rings. The van der Waals surface area contributed by atoms with Gasteiger partial charge in [-0.1, -0.05) is 49.4 Å². The Balaban J connectivity index is 2.76. The van der Waals surface area contributed by atoms with Crippen LogP contribution in [0.3, 0.4) is 0 Å². The van der Waals surface area contributed by atoms with Crippen LogP contribution in [0.5, 0.6) is 0 Å². The van der Waals surface area contributed by atoms with Crippen LogP contribution < -0.4 is 5.32 Å². The standard InChI is InChI=1S/C15H19NO3/c1-11(9-10-13-7-5-4-6-8-13)14(15(18)19-3)16-12(2)17/h4-11,14H,1-3H3,(H,16,17)/b10-9+/t11-,14+/m0/s1. The van der Waals surface area contributed by atoms with Crippen molar-refractivity contribution in [2.45, 2.75) is 19.9 Å². The second kappa shape index (κ2) is 7.36. The molecule has 0 aliphatic rings. The number of hydrogen-bond acceptors (Lipinski definition) is 3. The van der Waals surface area contributed by atoms with Crippen molar-refractivity contribution in [2.24, 2.45) is 5.92 Å². The smallest absolute Gasteiger partial charge is 0.328 e. The average Bonchev–Trinajstić information content (AvgIpc) is 2.42. The molecule has 0 aliphatic heterocycles. The van der Waals surface area contributed by atoms with Crippen molar-refractivity contribution in [1.82, 2.24) is 5.32 Å². The van der Waals surface area contributed by atoms with Gasteiger partial charge in [-0.3, -0.25) is 4.79 Å². The van der Waals surface area contributed by atoms with Crippen LogP contribution in [0.1, 0.15) is 19.4 Å². The Morgan fingerprint density at radius 2 is 1.89 bits per heavy atom. The Morgan fingerprint density at radius 3 is 2.42 bits per heavy atom. The molecule has 0 radical (unpaired) electrons. The molecule has 0 saturated carbocycles. The summed E-state index contributed by atoms with van der Waals surface area (Å²) in [7, 11) is 1.31. The van der Waals surface area contributed by atoms with Gasteiger partial charge in [-0.15, -0.1) is 0 Å². The number of carbonyl (C=O) groups excluding carboxylic acids is 2. The zero-order valence-corrected chi connectivity index (χ0v) is 11.4. The summed E-state index contributed by atoms with van der Waals surface area (Å²) < 4.78 is 4.70. The lowest BCUT2D eigenvalue weighted by Crippen LogP contribution is -2.44. The number of amides is 1. The van der Waals surface area contributed by atoms with E-state index in [1.807, 2.05) is 49.4 Å². The quantitative estimate of drug-likeness (QED) is 0.825.